The zero-order valence-electron chi connectivity index (χ0n) is 5.92. The summed E-state index contributed by atoms with van der Waals surface area (Å²) in [4.78, 5) is 0. The highest BCUT2D eigenvalue weighted by Crippen LogP contribution is 2.03. The van der Waals surface area contributed by atoms with E-state index in [4.69, 9.17) is 5.21 Å². The minimum atomic E-state index is 0.575. The zero-order valence-corrected chi connectivity index (χ0v) is 5.92. The van der Waals surface area contributed by atoms with Crippen LogP contribution in [0.15, 0.2) is 11.4 Å². The van der Waals surface area contributed by atoms with E-state index < -0.39 is 0 Å². The summed E-state index contributed by atoms with van der Waals surface area (Å²) in [6.07, 6.45) is 1.63. The predicted molar refractivity (Wildman–Crippen MR) is 37.3 cm³/mol. The fourth-order valence-electron chi connectivity index (χ4n) is 0.769. The maximum absolute atomic E-state index is 8.38. The Morgan fingerprint density at radius 1 is 1.80 bits per heavy atom. The molecule has 0 amide bonds. The predicted octanol–water partition coefficient (Wildman–Crippen LogP) is 0.916. The third-order valence-corrected chi connectivity index (χ3v) is 1.37. The molecule has 0 atom stereocenters. The number of hydrogen-bond acceptors (Lipinski definition) is 3. The van der Waals surface area contributed by atoms with Gasteiger partial charge in [-0.3, -0.25) is 5.10 Å². The third-order valence-electron chi connectivity index (χ3n) is 1.37. The number of nitrogens with zero attached hydrogens (tertiary/aromatic N) is 2. The van der Waals surface area contributed by atoms with Gasteiger partial charge in [0.2, 0.25) is 0 Å². The first-order chi connectivity index (χ1) is 4.75. The van der Waals surface area contributed by atoms with Crippen LogP contribution in [0.25, 0.3) is 0 Å². The first kappa shape index (κ1) is 6.80. The first-order valence-electron chi connectivity index (χ1n) is 2.94. The topological polar surface area (TPSA) is 61.3 Å². The van der Waals surface area contributed by atoms with Crippen molar-refractivity contribution in [3.8, 4) is 0 Å². The molecular weight excluding hydrogens is 130 g/mol. The molecule has 1 aromatic heterocycles. The summed E-state index contributed by atoms with van der Waals surface area (Å²) in [6, 6.07) is 0. The van der Waals surface area contributed by atoms with Gasteiger partial charge in [0, 0.05) is 11.3 Å². The van der Waals surface area contributed by atoms with Crippen LogP contribution in [0, 0.1) is 6.92 Å². The number of H-pyrrole nitrogens is 1. The molecule has 1 aromatic rings. The third kappa shape index (κ3) is 1.00. The van der Waals surface area contributed by atoms with Crippen LogP contribution in [-0.2, 0) is 0 Å². The second-order valence-corrected chi connectivity index (χ2v) is 2.09. The lowest BCUT2D eigenvalue weighted by Crippen LogP contribution is -1.94. The highest BCUT2D eigenvalue weighted by molar-refractivity contribution is 5.98. The Bertz CT molecular complexity index is 251. The van der Waals surface area contributed by atoms with E-state index in [-0.39, 0.29) is 0 Å². The number of aromatic nitrogens is 2. The molecule has 4 nitrogen and oxygen atoms in total. The molecule has 54 valence electrons. The number of hydrogen-bond donors (Lipinski definition) is 2. The van der Waals surface area contributed by atoms with Gasteiger partial charge in [-0.1, -0.05) is 5.16 Å². The van der Waals surface area contributed by atoms with Crippen LogP contribution in [0.1, 0.15) is 18.2 Å². The summed E-state index contributed by atoms with van der Waals surface area (Å²) in [5.74, 6) is 0. The van der Waals surface area contributed by atoms with Crippen molar-refractivity contribution in [1.82, 2.24) is 10.2 Å². The standard InChI is InChI=1S/C6H9N3O/c1-4-6(3-7-8-4)5(2)9-10/h3,10H,1-2H3,(H,7,8)/b9-5+. The average molecular weight is 139 g/mol. The Balaban J connectivity index is 3.05. The van der Waals surface area contributed by atoms with Gasteiger partial charge in [-0.25, -0.2) is 0 Å². The van der Waals surface area contributed by atoms with Crippen molar-refractivity contribution in [1.29, 1.82) is 0 Å². The average Bonchev–Trinajstić information content (AvgIpc) is 2.34. The van der Waals surface area contributed by atoms with Gasteiger partial charge in [0.1, 0.15) is 0 Å². The molecule has 0 saturated carbocycles. The molecule has 0 bridgehead atoms. The Kier molecular flexibility index (Phi) is 1.71. The molecule has 0 fully saturated rings. The van der Waals surface area contributed by atoms with E-state index in [2.05, 4.69) is 15.4 Å². The van der Waals surface area contributed by atoms with Crippen molar-refractivity contribution in [3.05, 3.63) is 17.5 Å². The molecule has 0 aliphatic heterocycles. The van der Waals surface area contributed by atoms with Crippen LogP contribution in [0.3, 0.4) is 0 Å². The number of aromatic amines is 1. The molecule has 0 spiro atoms. The van der Waals surface area contributed by atoms with E-state index in [1.165, 1.54) is 0 Å². The molecule has 1 heterocycles. The second-order valence-electron chi connectivity index (χ2n) is 2.09. The van der Waals surface area contributed by atoms with Gasteiger partial charge in [-0.05, 0) is 13.8 Å². The van der Waals surface area contributed by atoms with Crippen LogP contribution >= 0.6 is 0 Å². The minimum Gasteiger partial charge on any atom is -0.411 e. The molecule has 0 aromatic carbocycles. The van der Waals surface area contributed by atoms with E-state index >= 15 is 0 Å². The summed E-state index contributed by atoms with van der Waals surface area (Å²) in [6.45, 7) is 3.59. The summed E-state index contributed by atoms with van der Waals surface area (Å²) >= 11 is 0. The van der Waals surface area contributed by atoms with Crippen molar-refractivity contribution in [3.63, 3.8) is 0 Å². The fraction of sp³-hybridized carbons (Fsp3) is 0.333. The monoisotopic (exact) mass is 139 g/mol. The SMILES string of the molecule is C/C(=N\O)c1cn[nH]c1C. The van der Waals surface area contributed by atoms with Gasteiger partial charge in [-0.15, -0.1) is 0 Å². The summed E-state index contributed by atoms with van der Waals surface area (Å²) in [5.41, 5.74) is 2.34. The maximum Gasteiger partial charge on any atom is 0.0871 e. The Hall–Kier alpha value is -1.32. The summed E-state index contributed by atoms with van der Waals surface area (Å²) < 4.78 is 0. The Morgan fingerprint density at radius 2 is 2.50 bits per heavy atom. The summed E-state index contributed by atoms with van der Waals surface area (Å²) in [5, 5.41) is 17.9. The Labute approximate surface area is 58.6 Å². The first-order valence-corrected chi connectivity index (χ1v) is 2.94. The van der Waals surface area contributed by atoms with Gasteiger partial charge in [0.05, 0.1) is 11.9 Å². The normalized spacial score (nSPS) is 12.0. The van der Waals surface area contributed by atoms with Crippen LogP contribution < -0.4 is 0 Å². The van der Waals surface area contributed by atoms with Gasteiger partial charge < -0.3 is 5.21 Å². The lowest BCUT2D eigenvalue weighted by molar-refractivity contribution is 0.319. The van der Waals surface area contributed by atoms with Crippen molar-refractivity contribution >= 4 is 5.71 Å². The van der Waals surface area contributed by atoms with Gasteiger partial charge >= 0.3 is 0 Å². The van der Waals surface area contributed by atoms with E-state index in [9.17, 15) is 0 Å². The van der Waals surface area contributed by atoms with Crippen LogP contribution in [0.4, 0.5) is 0 Å². The minimum absolute atomic E-state index is 0.575. The molecule has 0 saturated heterocycles. The van der Waals surface area contributed by atoms with E-state index in [1.807, 2.05) is 6.92 Å². The molecular formula is C6H9N3O. The van der Waals surface area contributed by atoms with Crippen molar-refractivity contribution in [2.45, 2.75) is 13.8 Å². The van der Waals surface area contributed by atoms with Crippen LogP contribution in [0.2, 0.25) is 0 Å². The Morgan fingerprint density at radius 3 is 2.90 bits per heavy atom. The second kappa shape index (κ2) is 2.51. The van der Waals surface area contributed by atoms with Crippen molar-refractivity contribution in [2.24, 2.45) is 5.16 Å². The lowest BCUT2D eigenvalue weighted by Gasteiger charge is -1.91. The van der Waals surface area contributed by atoms with Crippen LogP contribution in [-0.4, -0.2) is 21.1 Å². The van der Waals surface area contributed by atoms with Crippen molar-refractivity contribution < 1.29 is 5.21 Å². The maximum atomic E-state index is 8.38. The highest BCUT2D eigenvalue weighted by atomic mass is 16.4. The van der Waals surface area contributed by atoms with Gasteiger partial charge in [0.25, 0.3) is 0 Å². The lowest BCUT2D eigenvalue weighted by atomic mass is 10.2. The largest absolute Gasteiger partial charge is 0.411 e. The number of rotatable bonds is 1. The van der Waals surface area contributed by atoms with Crippen molar-refractivity contribution in [2.75, 3.05) is 0 Å². The molecule has 4 heteroatoms. The molecule has 0 unspecified atom stereocenters. The highest BCUT2D eigenvalue weighted by Gasteiger charge is 2.02. The van der Waals surface area contributed by atoms with Crippen LogP contribution in [0.5, 0.6) is 0 Å². The van der Waals surface area contributed by atoms with Gasteiger partial charge in [-0.2, -0.15) is 5.10 Å². The fourth-order valence-corrected chi connectivity index (χ4v) is 0.769. The molecule has 0 radical (unpaired) electrons. The summed E-state index contributed by atoms with van der Waals surface area (Å²) in [7, 11) is 0. The molecule has 0 aliphatic rings. The van der Waals surface area contributed by atoms with E-state index in [0.29, 0.717) is 5.71 Å². The molecule has 2 N–H and O–H groups in total. The quantitative estimate of drug-likeness (QED) is 0.345. The van der Waals surface area contributed by atoms with Gasteiger partial charge in [0.15, 0.2) is 0 Å². The zero-order chi connectivity index (χ0) is 7.56. The smallest absolute Gasteiger partial charge is 0.0871 e. The molecule has 1 rings (SSSR count). The van der Waals surface area contributed by atoms with E-state index in [1.54, 1.807) is 13.1 Å². The number of aryl methyl sites for hydroxylation is 1. The molecule has 10 heavy (non-hydrogen) atoms. The number of nitrogens with one attached hydrogen (secondary N) is 1. The number of oxime groups is 1. The molecule has 0 aliphatic carbocycles. The van der Waals surface area contributed by atoms with E-state index in [0.717, 1.165) is 11.3 Å².